The monoisotopic (exact) mass is 289 g/mol. The van der Waals surface area contributed by atoms with Crippen LogP contribution in [0.1, 0.15) is 13.8 Å². The van der Waals surface area contributed by atoms with Gasteiger partial charge in [-0.05, 0) is 43.7 Å². The fourth-order valence-corrected chi connectivity index (χ4v) is 2.13. The third kappa shape index (κ3) is 3.22. The van der Waals surface area contributed by atoms with Gasteiger partial charge in [-0.3, -0.25) is 14.5 Å². The van der Waals surface area contributed by atoms with Crippen molar-refractivity contribution in [2.75, 3.05) is 19.1 Å². The van der Waals surface area contributed by atoms with Crippen LogP contribution in [0.4, 0.5) is 5.69 Å². The molecule has 0 aliphatic carbocycles. The van der Waals surface area contributed by atoms with E-state index in [-0.39, 0.29) is 11.8 Å². The van der Waals surface area contributed by atoms with Crippen LogP contribution in [0, 0.1) is 0 Å². The SMILES string of the molecule is CCN1C(=O)C=C(C)C(NNc2ccc(OC)cc2)C1=O. The van der Waals surface area contributed by atoms with Crippen LogP contribution in [0.2, 0.25) is 0 Å². The maximum absolute atomic E-state index is 12.2. The highest BCUT2D eigenvalue weighted by Crippen LogP contribution is 2.16. The first-order chi connectivity index (χ1) is 10.1. The van der Waals surface area contributed by atoms with Gasteiger partial charge < -0.3 is 10.2 Å². The molecule has 2 rings (SSSR count). The number of rotatable bonds is 5. The van der Waals surface area contributed by atoms with E-state index in [4.69, 9.17) is 4.74 Å². The molecule has 0 radical (unpaired) electrons. The topological polar surface area (TPSA) is 70.7 Å². The van der Waals surface area contributed by atoms with E-state index in [0.717, 1.165) is 11.4 Å². The molecule has 0 fully saturated rings. The summed E-state index contributed by atoms with van der Waals surface area (Å²) in [4.78, 5) is 25.2. The summed E-state index contributed by atoms with van der Waals surface area (Å²) < 4.78 is 5.08. The van der Waals surface area contributed by atoms with Gasteiger partial charge in [0.15, 0.2) is 0 Å². The molecule has 21 heavy (non-hydrogen) atoms. The number of hydrazine groups is 1. The Hall–Kier alpha value is -2.34. The van der Waals surface area contributed by atoms with Crippen LogP contribution in [-0.2, 0) is 9.59 Å². The number of amides is 2. The van der Waals surface area contributed by atoms with Gasteiger partial charge in [0, 0.05) is 18.3 Å². The summed E-state index contributed by atoms with van der Waals surface area (Å²) in [6.45, 7) is 3.90. The lowest BCUT2D eigenvalue weighted by atomic mass is 10.0. The second-order valence-corrected chi connectivity index (χ2v) is 4.74. The molecule has 1 atom stereocenters. The molecule has 0 saturated carbocycles. The number of likely N-dealkylation sites (N-methyl/N-ethyl adjacent to an activating group) is 1. The lowest BCUT2D eigenvalue weighted by molar-refractivity contribution is -0.143. The van der Waals surface area contributed by atoms with Gasteiger partial charge in [-0.1, -0.05) is 0 Å². The van der Waals surface area contributed by atoms with Crippen LogP contribution in [0.25, 0.3) is 0 Å². The molecule has 1 aromatic carbocycles. The Morgan fingerprint density at radius 2 is 1.90 bits per heavy atom. The lowest BCUT2D eigenvalue weighted by Gasteiger charge is -2.29. The van der Waals surface area contributed by atoms with E-state index in [9.17, 15) is 9.59 Å². The normalized spacial score (nSPS) is 18.5. The zero-order valence-corrected chi connectivity index (χ0v) is 12.3. The number of methoxy groups -OCH3 is 1. The molecule has 1 heterocycles. The Bertz CT molecular complexity index is 566. The van der Waals surface area contributed by atoms with Crippen molar-refractivity contribution in [3.63, 3.8) is 0 Å². The van der Waals surface area contributed by atoms with Crippen molar-refractivity contribution in [2.45, 2.75) is 19.9 Å². The summed E-state index contributed by atoms with van der Waals surface area (Å²) in [5.74, 6) is 0.249. The minimum Gasteiger partial charge on any atom is -0.497 e. The van der Waals surface area contributed by atoms with Crippen molar-refractivity contribution >= 4 is 17.5 Å². The predicted octanol–water partition coefficient (Wildman–Crippen LogP) is 1.32. The maximum Gasteiger partial charge on any atom is 0.253 e. The third-order valence-corrected chi connectivity index (χ3v) is 3.35. The number of hydrogen-bond acceptors (Lipinski definition) is 5. The average Bonchev–Trinajstić information content (AvgIpc) is 2.47. The minimum atomic E-state index is -0.551. The van der Waals surface area contributed by atoms with Gasteiger partial charge in [0.2, 0.25) is 0 Å². The Kier molecular flexibility index (Phi) is 4.59. The molecule has 2 amide bonds. The fraction of sp³-hybridized carbons (Fsp3) is 0.333. The lowest BCUT2D eigenvalue weighted by Crippen LogP contribution is -2.53. The molecule has 6 heteroatoms. The summed E-state index contributed by atoms with van der Waals surface area (Å²) in [5, 5.41) is 0. The first-order valence-corrected chi connectivity index (χ1v) is 6.76. The van der Waals surface area contributed by atoms with Crippen molar-refractivity contribution in [1.82, 2.24) is 10.3 Å². The molecule has 6 nitrogen and oxygen atoms in total. The first-order valence-electron chi connectivity index (χ1n) is 6.76. The van der Waals surface area contributed by atoms with E-state index in [0.29, 0.717) is 12.1 Å². The first kappa shape index (κ1) is 15.1. The number of hydrogen-bond donors (Lipinski definition) is 2. The third-order valence-electron chi connectivity index (χ3n) is 3.35. The number of carbonyl (C=O) groups is 2. The molecule has 1 aromatic rings. The van der Waals surface area contributed by atoms with Crippen LogP contribution in [0.15, 0.2) is 35.9 Å². The zero-order valence-electron chi connectivity index (χ0n) is 12.3. The van der Waals surface area contributed by atoms with E-state index in [2.05, 4.69) is 10.9 Å². The van der Waals surface area contributed by atoms with Crippen LogP contribution in [0.5, 0.6) is 5.75 Å². The number of nitrogens with one attached hydrogen (secondary N) is 2. The number of carbonyl (C=O) groups excluding carboxylic acids is 2. The molecule has 0 spiro atoms. The van der Waals surface area contributed by atoms with Crippen LogP contribution in [-0.4, -0.2) is 36.4 Å². The highest BCUT2D eigenvalue weighted by molar-refractivity contribution is 6.07. The van der Waals surface area contributed by atoms with Gasteiger partial charge in [-0.2, -0.15) is 0 Å². The van der Waals surface area contributed by atoms with Gasteiger partial charge >= 0.3 is 0 Å². The standard InChI is InChI=1S/C15H19N3O3/c1-4-18-13(19)9-10(2)14(15(18)20)17-16-11-5-7-12(21-3)8-6-11/h5-9,14,16-17H,4H2,1-3H3. The molecule has 0 saturated heterocycles. The Labute approximate surface area is 123 Å². The Morgan fingerprint density at radius 1 is 1.24 bits per heavy atom. The van der Waals surface area contributed by atoms with Crippen molar-refractivity contribution in [3.8, 4) is 5.75 Å². The number of imide groups is 1. The number of ether oxygens (including phenoxy) is 1. The quantitative estimate of drug-likeness (QED) is 0.632. The largest absolute Gasteiger partial charge is 0.497 e. The molecule has 1 aliphatic heterocycles. The number of nitrogens with zero attached hydrogens (tertiary/aromatic N) is 1. The van der Waals surface area contributed by atoms with E-state index in [1.54, 1.807) is 21.0 Å². The second-order valence-electron chi connectivity index (χ2n) is 4.74. The van der Waals surface area contributed by atoms with Crippen molar-refractivity contribution in [3.05, 3.63) is 35.9 Å². The number of anilines is 1. The van der Waals surface area contributed by atoms with Crippen LogP contribution < -0.4 is 15.6 Å². The van der Waals surface area contributed by atoms with Crippen LogP contribution >= 0.6 is 0 Å². The highest BCUT2D eigenvalue weighted by atomic mass is 16.5. The Balaban J connectivity index is 2.05. The summed E-state index contributed by atoms with van der Waals surface area (Å²) in [6, 6.07) is 6.75. The fourth-order valence-electron chi connectivity index (χ4n) is 2.13. The molecule has 0 bridgehead atoms. The second kappa shape index (κ2) is 6.41. The van der Waals surface area contributed by atoms with Crippen molar-refractivity contribution < 1.29 is 14.3 Å². The molecule has 2 N–H and O–H groups in total. The molecule has 0 aromatic heterocycles. The molecular weight excluding hydrogens is 270 g/mol. The Morgan fingerprint density at radius 3 is 2.48 bits per heavy atom. The van der Waals surface area contributed by atoms with Gasteiger partial charge in [0.05, 0.1) is 7.11 Å². The van der Waals surface area contributed by atoms with Gasteiger partial charge in [0.1, 0.15) is 11.8 Å². The van der Waals surface area contributed by atoms with Gasteiger partial charge in [-0.15, -0.1) is 0 Å². The molecule has 1 unspecified atom stereocenters. The summed E-state index contributed by atoms with van der Waals surface area (Å²) in [7, 11) is 1.60. The van der Waals surface area contributed by atoms with E-state index in [1.807, 2.05) is 24.3 Å². The maximum atomic E-state index is 12.2. The minimum absolute atomic E-state index is 0.247. The van der Waals surface area contributed by atoms with Crippen LogP contribution in [0.3, 0.4) is 0 Å². The van der Waals surface area contributed by atoms with Gasteiger partial charge in [-0.25, -0.2) is 5.43 Å². The summed E-state index contributed by atoms with van der Waals surface area (Å²) in [5.41, 5.74) is 7.43. The smallest absolute Gasteiger partial charge is 0.253 e. The van der Waals surface area contributed by atoms with Crippen molar-refractivity contribution in [1.29, 1.82) is 0 Å². The van der Waals surface area contributed by atoms with E-state index >= 15 is 0 Å². The average molecular weight is 289 g/mol. The highest BCUT2D eigenvalue weighted by Gasteiger charge is 2.32. The summed E-state index contributed by atoms with van der Waals surface area (Å²) >= 11 is 0. The molecule has 112 valence electrons. The van der Waals surface area contributed by atoms with Crippen molar-refractivity contribution in [2.24, 2.45) is 0 Å². The van der Waals surface area contributed by atoms with Gasteiger partial charge in [0.25, 0.3) is 11.8 Å². The number of benzene rings is 1. The summed E-state index contributed by atoms with van der Waals surface area (Å²) in [6.07, 6.45) is 1.48. The molecular formula is C15H19N3O3. The van der Waals surface area contributed by atoms with E-state index < -0.39 is 6.04 Å². The van der Waals surface area contributed by atoms with E-state index in [1.165, 1.54) is 11.0 Å². The zero-order chi connectivity index (χ0) is 15.4. The molecule has 1 aliphatic rings. The predicted molar refractivity (Wildman–Crippen MR) is 79.7 cm³/mol.